The predicted molar refractivity (Wildman–Crippen MR) is 150 cm³/mol. The molecule has 36 heavy (non-hydrogen) atoms. The fourth-order valence-electron chi connectivity index (χ4n) is 4.35. The number of para-hydroxylation sites is 1. The Labute approximate surface area is 214 Å². The van der Waals surface area contributed by atoms with Gasteiger partial charge in [0, 0.05) is 22.4 Å². The molecule has 188 valence electrons. The van der Waals surface area contributed by atoms with Crippen LogP contribution in [0.15, 0.2) is 64.1 Å². The Morgan fingerprint density at radius 1 is 0.778 bits per heavy atom. The number of allylic oxidation sites excluding steroid dienone is 2. The molecule has 0 amide bonds. The highest BCUT2D eigenvalue weighted by Crippen LogP contribution is 2.34. The van der Waals surface area contributed by atoms with Crippen molar-refractivity contribution in [2.45, 2.75) is 61.4 Å². The van der Waals surface area contributed by atoms with Crippen molar-refractivity contribution in [3.63, 3.8) is 0 Å². The lowest BCUT2D eigenvalue weighted by atomic mass is 9.92. The van der Waals surface area contributed by atoms with Crippen LogP contribution in [-0.2, 0) is 0 Å². The molecule has 0 heterocycles. The predicted octanol–water partition coefficient (Wildman–Crippen LogP) is 7.50. The zero-order chi connectivity index (χ0) is 26.7. The number of aliphatic imine (C=N–C) groups is 2. The first-order chi connectivity index (χ1) is 16.9. The maximum Gasteiger partial charge on any atom is 0.159 e. The van der Waals surface area contributed by atoms with Gasteiger partial charge in [-0.05, 0) is 84.2 Å². The summed E-state index contributed by atoms with van der Waals surface area (Å²) >= 11 is 0. The summed E-state index contributed by atoms with van der Waals surface area (Å²) in [7, 11) is 0. The third kappa shape index (κ3) is 5.51. The van der Waals surface area contributed by atoms with E-state index in [-0.39, 0.29) is 17.2 Å². The molecule has 0 saturated carbocycles. The van der Waals surface area contributed by atoms with Gasteiger partial charge in [0.05, 0.1) is 11.6 Å². The molecule has 0 spiro atoms. The van der Waals surface area contributed by atoms with Gasteiger partial charge in [0.1, 0.15) is 17.2 Å². The number of hydrogen-bond acceptors (Lipinski definition) is 4. The van der Waals surface area contributed by atoms with E-state index in [0.717, 1.165) is 39.1 Å². The molecule has 1 unspecified atom stereocenters. The molecule has 0 aliphatic heterocycles. The molecular weight excluding hydrogens is 448 g/mol. The molecule has 0 fully saturated rings. The number of amidine groups is 1. The van der Waals surface area contributed by atoms with Gasteiger partial charge in [0.2, 0.25) is 0 Å². The quantitative estimate of drug-likeness (QED) is 0.259. The fourth-order valence-corrected chi connectivity index (χ4v) is 4.35. The Morgan fingerprint density at radius 3 is 2.14 bits per heavy atom. The molecular formula is C31H36N2O3. The second-order valence-corrected chi connectivity index (χ2v) is 9.64. The van der Waals surface area contributed by atoms with Crippen LogP contribution in [-0.4, -0.2) is 26.9 Å². The number of hydrogen-bond donors (Lipinski definition) is 3. The van der Waals surface area contributed by atoms with E-state index in [1.54, 1.807) is 13.0 Å². The molecule has 0 aromatic heterocycles. The fraction of sp³-hybridized carbons (Fsp3) is 0.290. The maximum absolute atomic E-state index is 10.9. The summed E-state index contributed by atoms with van der Waals surface area (Å²) in [4.78, 5) is 9.82. The standard InChI is InChI=1S/C31H36N2O3/c1-17(2)28(26-16-18(3)12-13-19(26)4)23(8)33-31(25-14-15-27(34)21(6)30(25)36)32-22(7)24-11-9-10-20(5)29(24)35/h9-16,22,34-36H,1-8H3. The van der Waals surface area contributed by atoms with Crippen molar-refractivity contribution < 1.29 is 15.3 Å². The van der Waals surface area contributed by atoms with E-state index in [9.17, 15) is 15.3 Å². The second kappa shape index (κ2) is 10.8. The molecule has 1 atom stereocenters. The minimum absolute atomic E-state index is 0.000974. The van der Waals surface area contributed by atoms with E-state index >= 15 is 0 Å². The third-order valence-electron chi connectivity index (χ3n) is 6.48. The number of phenols is 3. The Balaban J connectivity index is 2.25. The van der Waals surface area contributed by atoms with Crippen molar-refractivity contribution in [3.05, 3.63) is 93.0 Å². The number of aryl methyl sites for hydroxylation is 3. The van der Waals surface area contributed by atoms with Gasteiger partial charge in [0.25, 0.3) is 0 Å². The molecule has 0 radical (unpaired) electrons. The van der Waals surface area contributed by atoms with Gasteiger partial charge in [0.15, 0.2) is 5.84 Å². The van der Waals surface area contributed by atoms with Crippen molar-refractivity contribution in [1.82, 2.24) is 0 Å². The molecule has 0 aliphatic carbocycles. The van der Waals surface area contributed by atoms with Gasteiger partial charge in [-0.1, -0.05) is 47.5 Å². The van der Waals surface area contributed by atoms with Gasteiger partial charge in [-0.3, -0.25) is 4.99 Å². The van der Waals surface area contributed by atoms with Crippen molar-refractivity contribution in [2.75, 3.05) is 0 Å². The smallest absolute Gasteiger partial charge is 0.159 e. The average Bonchev–Trinajstić information content (AvgIpc) is 2.81. The normalized spacial score (nSPS) is 13.0. The highest BCUT2D eigenvalue weighted by atomic mass is 16.3. The van der Waals surface area contributed by atoms with Gasteiger partial charge in [-0.25, -0.2) is 4.99 Å². The lowest BCUT2D eigenvalue weighted by molar-refractivity contribution is 0.442. The van der Waals surface area contributed by atoms with E-state index in [2.05, 4.69) is 45.9 Å². The summed E-state index contributed by atoms with van der Waals surface area (Å²) in [5.74, 6) is 0.448. The average molecular weight is 485 g/mol. The zero-order valence-corrected chi connectivity index (χ0v) is 22.4. The number of nitrogens with zero attached hydrogens (tertiary/aromatic N) is 2. The number of aromatic hydroxyl groups is 3. The van der Waals surface area contributed by atoms with Crippen LogP contribution in [0.25, 0.3) is 5.57 Å². The first-order valence-corrected chi connectivity index (χ1v) is 12.1. The Hall–Kier alpha value is -3.86. The highest BCUT2D eigenvalue weighted by Gasteiger charge is 2.19. The van der Waals surface area contributed by atoms with Crippen LogP contribution in [0, 0.1) is 27.7 Å². The van der Waals surface area contributed by atoms with Crippen LogP contribution in [0.3, 0.4) is 0 Å². The Morgan fingerprint density at radius 2 is 1.47 bits per heavy atom. The first-order valence-electron chi connectivity index (χ1n) is 12.1. The molecule has 3 N–H and O–H groups in total. The summed E-state index contributed by atoms with van der Waals surface area (Å²) in [6.45, 7) is 15.6. The SMILES string of the molecule is CC(=NC(=NC(C)c1cccc(C)c1O)c1ccc(O)c(C)c1O)C(=C(C)C)c1cc(C)ccc1C. The van der Waals surface area contributed by atoms with Crippen molar-refractivity contribution in [2.24, 2.45) is 9.98 Å². The zero-order valence-electron chi connectivity index (χ0n) is 22.4. The Bertz CT molecular complexity index is 1390. The summed E-state index contributed by atoms with van der Waals surface area (Å²) in [5, 5.41) is 31.7. The van der Waals surface area contributed by atoms with Crippen LogP contribution >= 0.6 is 0 Å². The van der Waals surface area contributed by atoms with Gasteiger partial charge in [-0.2, -0.15) is 0 Å². The van der Waals surface area contributed by atoms with E-state index in [0.29, 0.717) is 22.5 Å². The van der Waals surface area contributed by atoms with Gasteiger partial charge < -0.3 is 15.3 Å². The molecule has 0 bridgehead atoms. The van der Waals surface area contributed by atoms with Crippen LogP contribution in [0.4, 0.5) is 0 Å². The second-order valence-electron chi connectivity index (χ2n) is 9.64. The minimum Gasteiger partial charge on any atom is -0.508 e. The van der Waals surface area contributed by atoms with E-state index in [4.69, 9.17) is 9.98 Å². The third-order valence-corrected chi connectivity index (χ3v) is 6.48. The Kier molecular flexibility index (Phi) is 8.03. The van der Waals surface area contributed by atoms with Crippen LogP contribution in [0.5, 0.6) is 17.2 Å². The van der Waals surface area contributed by atoms with E-state index < -0.39 is 6.04 Å². The molecule has 5 nitrogen and oxygen atoms in total. The van der Waals surface area contributed by atoms with Crippen molar-refractivity contribution in [3.8, 4) is 17.2 Å². The molecule has 3 rings (SSSR count). The summed E-state index contributed by atoms with van der Waals surface area (Å²) in [6.07, 6.45) is 0. The van der Waals surface area contributed by atoms with Crippen LogP contribution in [0.1, 0.15) is 72.7 Å². The van der Waals surface area contributed by atoms with E-state index in [1.807, 2.05) is 39.0 Å². The highest BCUT2D eigenvalue weighted by molar-refractivity contribution is 6.27. The number of rotatable bonds is 5. The number of phenolic OH excluding ortho intramolecular Hbond substituents is 3. The van der Waals surface area contributed by atoms with Gasteiger partial charge in [-0.15, -0.1) is 0 Å². The monoisotopic (exact) mass is 484 g/mol. The molecule has 0 aliphatic rings. The number of benzene rings is 3. The minimum atomic E-state index is -0.430. The first kappa shape index (κ1) is 26.7. The van der Waals surface area contributed by atoms with Crippen LogP contribution < -0.4 is 0 Å². The lowest BCUT2D eigenvalue weighted by Crippen LogP contribution is -2.09. The maximum atomic E-state index is 10.9. The van der Waals surface area contributed by atoms with Crippen molar-refractivity contribution in [1.29, 1.82) is 0 Å². The summed E-state index contributed by atoms with van der Waals surface area (Å²) in [5.41, 5.74) is 8.50. The van der Waals surface area contributed by atoms with Gasteiger partial charge >= 0.3 is 0 Å². The van der Waals surface area contributed by atoms with Crippen LogP contribution in [0.2, 0.25) is 0 Å². The lowest BCUT2D eigenvalue weighted by Gasteiger charge is -2.17. The molecule has 3 aromatic rings. The molecule has 0 saturated heterocycles. The van der Waals surface area contributed by atoms with Crippen molar-refractivity contribution >= 4 is 17.1 Å². The van der Waals surface area contributed by atoms with E-state index in [1.165, 1.54) is 6.07 Å². The summed E-state index contributed by atoms with van der Waals surface area (Å²) < 4.78 is 0. The topological polar surface area (TPSA) is 85.4 Å². The largest absolute Gasteiger partial charge is 0.508 e. The molecule has 3 aromatic carbocycles. The summed E-state index contributed by atoms with van der Waals surface area (Å²) in [6, 6.07) is 14.6. The molecule has 5 heteroatoms.